The molecule has 0 atom stereocenters. The van der Waals surface area contributed by atoms with Crippen molar-refractivity contribution in [2.45, 2.75) is 6.61 Å². The minimum absolute atomic E-state index is 0.0724. The van der Waals surface area contributed by atoms with Crippen LogP contribution in [0.2, 0.25) is 0 Å². The summed E-state index contributed by atoms with van der Waals surface area (Å²) in [4.78, 5) is 0. The average Bonchev–Trinajstić information content (AvgIpc) is 2.56. The molecule has 0 unspecified atom stereocenters. The number of hydrogen-bond donors (Lipinski definition) is 3. The molecule has 2 rings (SSSR count). The average molecular weight is 195 g/mol. The van der Waals surface area contributed by atoms with Gasteiger partial charge in [-0.05, 0) is 23.1 Å². The summed E-state index contributed by atoms with van der Waals surface area (Å²) in [6.07, 6.45) is 0. The summed E-state index contributed by atoms with van der Waals surface area (Å²) in [6.45, 7) is -0.0724. The Balaban J connectivity index is 2.87. The van der Waals surface area contributed by atoms with Crippen molar-refractivity contribution in [3.8, 4) is 5.75 Å². The number of nitrogens with two attached hydrogens (primary N) is 1. The number of aliphatic hydroxyl groups is 1. The molecule has 1 heterocycles. The Labute approximate surface area is 79.0 Å². The van der Waals surface area contributed by atoms with E-state index >= 15 is 0 Å². The molecule has 0 aliphatic heterocycles. The summed E-state index contributed by atoms with van der Waals surface area (Å²) in [5, 5.41) is 21.0. The molecule has 0 spiro atoms. The van der Waals surface area contributed by atoms with Gasteiger partial charge in [0.1, 0.15) is 5.75 Å². The molecule has 4 heteroatoms. The fraction of sp³-hybridized carbons (Fsp3) is 0.111. The zero-order chi connectivity index (χ0) is 9.42. The lowest BCUT2D eigenvalue weighted by atomic mass is 10.1. The van der Waals surface area contributed by atoms with E-state index in [4.69, 9.17) is 10.8 Å². The van der Waals surface area contributed by atoms with Crippen LogP contribution >= 0.6 is 11.3 Å². The lowest BCUT2D eigenvalue weighted by Crippen LogP contribution is -1.85. The highest BCUT2D eigenvalue weighted by molar-refractivity contribution is 7.18. The van der Waals surface area contributed by atoms with Gasteiger partial charge >= 0.3 is 0 Å². The zero-order valence-electron chi connectivity index (χ0n) is 6.82. The maximum Gasteiger partial charge on any atom is 0.124 e. The number of nitrogen functional groups attached to an aromatic ring is 1. The second-order valence-electron chi connectivity index (χ2n) is 2.80. The van der Waals surface area contributed by atoms with Crippen LogP contribution in [-0.2, 0) is 6.61 Å². The van der Waals surface area contributed by atoms with Crippen LogP contribution in [0.25, 0.3) is 10.1 Å². The van der Waals surface area contributed by atoms with Crippen LogP contribution in [0.3, 0.4) is 0 Å². The molecule has 0 aliphatic carbocycles. The number of phenolic OH excluding ortho intramolecular Hbond substituents is 1. The van der Waals surface area contributed by atoms with E-state index in [2.05, 4.69) is 0 Å². The number of anilines is 1. The zero-order valence-corrected chi connectivity index (χ0v) is 7.64. The van der Waals surface area contributed by atoms with Gasteiger partial charge in [0.25, 0.3) is 0 Å². The van der Waals surface area contributed by atoms with E-state index in [-0.39, 0.29) is 12.4 Å². The fourth-order valence-corrected chi connectivity index (χ4v) is 2.34. The second kappa shape index (κ2) is 2.90. The molecule has 0 aliphatic rings. The van der Waals surface area contributed by atoms with Crippen molar-refractivity contribution in [1.82, 2.24) is 0 Å². The standard InChI is InChI=1S/C9H9NO2S/c10-6-1-2-7(12)8-5(3-11)4-13-9(6)8/h1-2,4,11-12H,3,10H2. The van der Waals surface area contributed by atoms with Gasteiger partial charge in [0.2, 0.25) is 0 Å². The van der Waals surface area contributed by atoms with E-state index in [1.54, 1.807) is 17.5 Å². The fourth-order valence-electron chi connectivity index (χ4n) is 1.33. The first kappa shape index (κ1) is 8.34. The van der Waals surface area contributed by atoms with Crippen molar-refractivity contribution < 1.29 is 10.2 Å². The van der Waals surface area contributed by atoms with Gasteiger partial charge in [-0.2, -0.15) is 0 Å². The summed E-state index contributed by atoms with van der Waals surface area (Å²) in [7, 11) is 0. The van der Waals surface area contributed by atoms with E-state index in [0.717, 1.165) is 10.3 Å². The van der Waals surface area contributed by atoms with Gasteiger partial charge < -0.3 is 15.9 Å². The Morgan fingerprint density at radius 2 is 2.15 bits per heavy atom. The van der Waals surface area contributed by atoms with Gasteiger partial charge in [-0.15, -0.1) is 11.3 Å². The number of fused-ring (bicyclic) bond motifs is 1. The second-order valence-corrected chi connectivity index (χ2v) is 3.68. The predicted octanol–water partition coefficient (Wildman–Crippen LogP) is 1.68. The molecule has 4 N–H and O–H groups in total. The maximum absolute atomic E-state index is 9.54. The van der Waals surface area contributed by atoms with Crippen molar-refractivity contribution in [3.63, 3.8) is 0 Å². The molecule has 0 bridgehead atoms. The molecule has 1 aromatic carbocycles. The first-order chi connectivity index (χ1) is 6.24. The largest absolute Gasteiger partial charge is 0.507 e. The lowest BCUT2D eigenvalue weighted by molar-refractivity contribution is 0.283. The van der Waals surface area contributed by atoms with Crippen molar-refractivity contribution in [2.75, 3.05) is 5.73 Å². The number of phenols is 1. The van der Waals surface area contributed by atoms with E-state index in [0.29, 0.717) is 11.1 Å². The summed E-state index contributed by atoms with van der Waals surface area (Å²) < 4.78 is 0.837. The topological polar surface area (TPSA) is 66.5 Å². The number of hydrogen-bond acceptors (Lipinski definition) is 4. The monoisotopic (exact) mass is 195 g/mol. The molecule has 13 heavy (non-hydrogen) atoms. The van der Waals surface area contributed by atoms with Crippen molar-refractivity contribution in [1.29, 1.82) is 0 Å². The lowest BCUT2D eigenvalue weighted by Gasteiger charge is -2.00. The smallest absolute Gasteiger partial charge is 0.124 e. The molecule has 1 aromatic heterocycles. The molecule has 68 valence electrons. The number of aliphatic hydroxyl groups excluding tert-OH is 1. The van der Waals surface area contributed by atoms with Crippen LogP contribution < -0.4 is 5.73 Å². The molecule has 0 amide bonds. The Kier molecular flexibility index (Phi) is 1.86. The van der Waals surface area contributed by atoms with Gasteiger partial charge in [-0.25, -0.2) is 0 Å². The Bertz CT molecular complexity index is 450. The van der Waals surface area contributed by atoms with Gasteiger partial charge in [-0.3, -0.25) is 0 Å². The SMILES string of the molecule is Nc1ccc(O)c2c(CO)csc12. The molecule has 2 aromatic rings. The minimum atomic E-state index is -0.0724. The number of aromatic hydroxyl groups is 1. The number of thiophene rings is 1. The highest BCUT2D eigenvalue weighted by atomic mass is 32.1. The van der Waals surface area contributed by atoms with E-state index < -0.39 is 0 Å². The van der Waals surface area contributed by atoms with Crippen LogP contribution in [0.4, 0.5) is 5.69 Å². The molecule has 0 radical (unpaired) electrons. The summed E-state index contributed by atoms with van der Waals surface area (Å²) >= 11 is 1.43. The van der Waals surface area contributed by atoms with Gasteiger partial charge in [0, 0.05) is 11.1 Å². The van der Waals surface area contributed by atoms with Gasteiger partial charge in [-0.1, -0.05) is 0 Å². The molecular weight excluding hydrogens is 186 g/mol. The number of benzene rings is 1. The first-order valence-electron chi connectivity index (χ1n) is 3.82. The van der Waals surface area contributed by atoms with Gasteiger partial charge in [0.15, 0.2) is 0 Å². The molecule has 0 saturated heterocycles. The Morgan fingerprint density at radius 1 is 1.38 bits per heavy atom. The third-order valence-corrected chi connectivity index (χ3v) is 3.05. The van der Waals surface area contributed by atoms with Crippen LogP contribution in [-0.4, -0.2) is 10.2 Å². The molecule has 0 fully saturated rings. The van der Waals surface area contributed by atoms with Crippen LogP contribution in [0.15, 0.2) is 17.5 Å². The molecule has 3 nitrogen and oxygen atoms in total. The highest BCUT2D eigenvalue weighted by Crippen LogP contribution is 2.36. The van der Waals surface area contributed by atoms with Crippen molar-refractivity contribution >= 4 is 27.1 Å². The first-order valence-corrected chi connectivity index (χ1v) is 4.70. The normalized spacial score (nSPS) is 10.8. The molecular formula is C9H9NO2S. The number of rotatable bonds is 1. The van der Waals surface area contributed by atoms with Crippen LogP contribution in [0.5, 0.6) is 5.75 Å². The van der Waals surface area contributed by atoms with Crippen molar-refractivity contribution in [3.05, 3.63) is 23.1 Å². The van der Waals surface area contributed by atoms with E-state index in [1.807, 2.05) is 0 Å². The highest BCUT2D eigenvalue weighted by Gasteiger charge is 2.09. The summed E-state index contributed by atoms with van der Waals surface area (Å²) in [6, 6.07) is 3.21. The third kappa shape index (κ3) is 1.15. The maximum atomic E-state index is 9.54. The summed E-state index contributed by atoms with van der Waals surface area (Å²) in [5.74, 6) is 0.175. The quantitative estimate of drug-likeness (QED) is 0.479. The molecule has 0 saturated carbocycles. The van der Waals surface area contributed by atoms with Crippen LogP contribution in [0.1, 0.15) is 5.56 Å². The van der Waals surface area contributed by atoms with Gasteiger partial charge in [0.05, 0.1) is 11.3 Å². The predicted molar refractivity (Wildman–Crippen MR) is 53.8 cm³/mol. The van der Waals surface area contributed by atoms with Crippen molar-refractivity contribution in [2.24, 2.45) is 0 Å². The summed E-state index contributed by atoms with van der Waals surface area (Å²) in [5.41, 5.74) is 7.07. The van der Waals surface area contributed by atoms with Crippen LogP contribution in [0, 0.1) is 0 Å². The minimum Gasteiger partial charge on any atom is -0.507 e. The Morgan fingerprint density at radius 3 is 2.85 bits per heavy atom. The van der Waals surface area contributed by atoms with E-state index in [9.17, 15) is 5.11 Å². The van der Waals surface area contributed by atoms with E-state index in [1.165, 1.54) is 11.3 Å². The third-order valence-electron chi connectivity index (χ3n) is 1.98. The Hall–Kier alpha value is -1.26.